The van der Waals surface area contributed by atoms with Gasteiger partial charge in [-0.25, -0.2) is 0 Å². The van der Waals surface area contributed by atoms with E-state index in [4.69, 9.17) is 4.74 Å². The fourth-order valence-electron chi connectivity index (χ4n) is 3.25. The Balaban J connectivity index is 1.91. The molecule has 6 heteroatoms. The summed E-state index contributed by atoms with van der Waals surface area (Å²) in [7, 11) is 1.45. The van der Waals surface area contributed by atoms with Crippen LogP contribution >= 0.6 is 0 Å². The summed E-state index contributed by atoms with van der Waals surface area (Å²) >= 11 is 0. The molecule has 2 bridgehead atoms. The van der Waals surface area contributed by atoms with Crippen molar-refractivity contribution in [1.29, 1.82) is 0 Å². The molecule has 0 unspecified atom stereocenters. The van der Waals surface area contributed by atoms with Gasteiger partial charge in [-0.1, -0.05) is 6.07 Å². The molecular formula is C14H14F3NO2. The number of benzene rings is 1. The Morgan fingerprint density at radius 3 is 2.70 bits per heavy atom. The van der Waals surface area contributed by atoms with Gasteiger partial charge in [-0.05, 0) is 37.0 Å². The van der Waals surface area contributed by atoms with Crippen LogP contribution in [-0.2, 0) is 0 Å². The van der Waals surface area contributed by atoms with Gasteiger partial charge in [-0.15, -0.1) is 0 Å². The molecule has 2 aliphatic heterocycles. The first-order valence-corrected chi connectivity index (χ1v) is 6.40. The van der Waals surface area contributed by atoms with Crippen LogP contribution in [0.2, 0.25) is 0 Å². The maximum Gasteiger partial charge on any atom is 0.411 e. The summed E-state index contributed by atoms with van der Waals surface area (Å²) in [6.07, 6.45) is -4.30. The third-order valence-corrected chi connectivity index (χ3v) is 4.30. The molecule has 1 aromatic rings. The molecule has 4 rings (SSSR count). The van der Waals surface area contributed by atoms with E-state index >= 15 is 0 Å². The van der Waals surface area contributed by atoms with Gasteiger partial charge in [0.1, 0.15) is 11.3 Å². The number of alkyl halides is 3. The first-order valence-electron chi connectivity index (χ1n) is 6.40. The number of hydrogen-bond acceptors (Lipinski definition) is 2. The van der Waals surface area contributed by atoms with E-state index in [9.17, 15) is 18.0 Å². The summed E-state index contributed by atoms with van der Waals surface area (Å²) in [5, 5.41) is 0. The lowest BCUT2D eigenvalue weighted by molar-refractivity contribution is -0.230. The number of carbonyl (C=O) groups is 1. The van der Waals surface area contributed by atoms with Crippen molar-refractivity contribution in [2.24, 2.45) is 5.92 Å². The van der Waals surface area contributed by atoms with Crippen molar-refractivity contribution in [2.75, 3.05) is 13.7 Å². The van der Waals surface area contributed by atoms with Crippen LogP contribution in [-0.4, -0.2) is 36.2 Å². The fraction of sp³-hybridized carbons (Fsp3) is 0.500. The van der Waals surface area contributed by atoms with Gasteiger partial charge in [0.25, 0.3) is 5.91 Å². The van der Waals surface area contributed by atoms with Crippen LogP contribution in [0.25, 0.3) is 0 Å². The predicted molar refractivity (Wildman–Crippen MR) is 65.5 cm³/mol. The van der Waals surface area contributed by atoms with Crippen molar-refractivity contribution in [3.05, 3.63) is 29.8 Å². The Bertz CT molecular complexity index is 550. The minimum atomic E-state index is -4.37. The maximum atomic E-state index is 13.2. The SMILES string of the molecule is COc1cccc(C(=O)N2CC3CC2(C(F)(F)F)C3)c1. The van der Waals surface area contributed by atoms with Crippen molar-refractivity contribution in [2.45, 2.75) is 24.6 Å². The Labute approximate surface area is 114 Å². The number of carbonyl (C=O) groups excluding carboxylic acids is 1. The second-order valence-electron chi connectivity index (χ2n) is 5.45. The molecule has 2 heterocycles. The summed E-state index contributed by atoms with van der Waals surface area (Å²) in [6.45, 7) is 0.190. The van der Waals surface area contributed by atoms with E-state index in [1.54, 1.807) is 12.1 Å². The van der Waals surface area contributed by atoms with Gasteiger partial charge in [0, 0.05) is 12.1 Å². The Morgan fingerprint density at radius 1 is 1.40 bits per heavy atom. The van der Waals surface area contributed by atoms with Gasteiger partial charge in [0.05, 0.1) is 7.11 Å². The van der Waals surface area contributed by atoms with Crippen molar-refractivity contribution in [3.8, 4) is 5.75 Å². The van der Waals surface area contributed by atoms with Gasteiger partial charge in [-0.2, -0.15) is 13.2 Å². The fourth-order valence-corrected chi connectivity index (χ4v) is 3.25. The summed E-state index contributed by atoms with van der Waals surface area (Å²) < 4.78 is 44.7. The summed E-state index contributed by atoms with van der Waals surface area (Å²) in [6, 6.07) is 6.25. The van der Waals surface area contributed by atoms with Crippen LogP contribution in [0.15, 0.2) is 24.3 Å². The molecule has 20 heavy (non-hydrogen) atoms. The lowest BCUT2D eigenvalue weighted by atomic mass is 9.72. The molecule has 0 aromatic heterocycles. The number of methoxy groups -OCH3 is 1. The largest absolute Gasteiger partial charge is 0.497 e. The number of ether oxygens (including phenoxy) is 1. The van der Waals surface area contributed by atoms with E-state index in [1.165, 1.54) is 19.2 Å². The molecule has 1 saturated carbocycles. The summed E-state index contributed by atoms with van der Waals surface area (Å²) in [5.74, 6) is -0.129. The average molecular weight is 285 g/mol. The second kappa shape index (κ2) is 4.14. The average Bonchev–Trinajstić information content (AvgIpc) is 2.93. The van der Waals surface area contributed by atoms with E-state index in [0.717, 1.165) is 4.90 Å². The highest BCUT2D eigenvalue weighted by Gasteiger charge is 2.71. The number of halogens is 3. The van der Waals surface area contributed by atoms with E-state index < -0.39 is 17.6 Å². The van der Waals surface area contributed by atoms with E-state index in [0.29, 0.717) is 5.75 Å². The zero-order chi connectivity index (χ0) is 14.5. The number of amides is 1. The van der Waals surface area contributed by atoms with E-state index in [1.807, 2.05) is 0 Å². The molecule has 2 saturated heterocycles. The minimum Gasteiger partial charge on any atom is -0.497 e. The van der Waals surface area contributed by atoms with Gasteiger partial charge in [0.2, 0.25) is 0 Å². The predicted octanol–water partition coefficient (Wildman–Crippen LogP) is 2.86. The van der Waals surface area contributed by atoms with Crippen LogP contribution in [0.5, 0.6) is 5.75 Å². The topological polar surface area (TPSA) is 29.5 Å². The lowest BCUT2D eigenvalue weighted by Crippen LogP contribution is -2.58. The zero-order valence-electron chi connectivity index (χ0n) is 10.9. The molecule has 3 fully saturated rings. The van der Waals surface area contributed by atoms with E-state index in [-0.39, 0.29) is 30.9 Å². The van der Waals surface area contributed by atoms with Crippen LogP contribution in [0.4, 0.5) is 13.2 Å². The van der Waals surface area contributed by atoms with Crippen LogP contribution < -0.4 is 4.74 Å². The molecule has 0 radical (unpaired) electrons. The highest BCUT2D eigenvalue weighted by atomic mass is 19.4. The third-order valence-electron chi connectivity index (χ3n) is 4.30. The lowest BCUT2D eigenvalue weighted by Gasteiger charge is -2.43. The van der Waals surface area contributed by atoms with Gasteiger partial charge < -0.3 is 9.64 Å². The van der Waals surface area contributed by atoms with E-state index in [2.05, 4.69) is 0 Å². The number of hydrogen-bond donors (Lipinski definition) is 0. The zero-order valence-corrected chi connectivity index (χ0v) is 10.9. The molecule has 1 amide bonds. The minimum absolute atomic E-state index is 0.0221. The number of nitrogens with zero attached hydrogens (tertiary/aromatic N) is 1. The highest BCUT2D eigenvalue weighted by molar-refractivity contribution is 5.95. The highest BCUT2D eigenvalue weighted by Crippen LogP contribution is 2.58. The molecule has 3 nitrogen and oxygen atoms in total. The molecule has 1 aliphatic carbocycles. The quantitative estimate of drug-likeness (QED) is 0.836. The molecule has 1 aromatic carbocycles. The first-order chi connectivity index (χ1) is 9.37. The normalized spacial score (nSPS) is 28.2. The molecule has 108 valence electrons. The maximum absolute atomic E-state index is 13.2. The summed E-state index contributed by atoms with van der Waals surface area (Å²) in [4.78, 5) is 13.4. The van der Waals surface area contributed by atoms with Crippen LogP contribution in [0, 0.1) is 5.92 Å². The Hall–Kier alpha value is -1.72. The molecule has 0 spiro atoms. The van der Waals surface area contributed by atoms with Crippen molar-refractivity contribution < 1.29 is 22.7 Å². The molecule has 3 aliphatic rings. The number of fused-ring (bicyclic) bond motifs is 1. The smallest absolute Gasteiger partial charge is 0.411 e. The van der Waals surface area contributed by atoms with Gasteiger partial charge in [-0.3, -0.25) is 4.79 Å². The summed E-state index contributed by atoms with van der Waals surface area (Å²) in [5.41, 5.74) is -1.71. The van der Waals surface area contributed by atoms with Crippen LogP contribution in [0.3, 0.4) is 0 Å². The molecule has 0 N–H and O–H groups in total. The van der Waals surface area contributed by atoms with Crippen molar-refractivity contribution >= 4 is 5.91 Å². The Morgan fingerprint density at radius 2 is 2.10 bits per heavy atom. The third kappa shape index (κ3) is 1.70. The van der Waals surface area contributed by atoms with Gasteiger partial charge in [0.15, 0.2) is 0 Å². The second-order valence-corrected chi connectivity index (χ2v) is 5.45. The molecule has 0 atom stereocenters. The Kier molecular flexibility index (Phi) is 2.74. The first kappa shape index (κ1) is 13.3. The van der Waals surface area contributed by atoms with Crippen molar-refractivity contribution in [3.63, 3.8) is 0 Å². The van der Waals surface area contributed by atoms with Gasteiger partial charge >= 0.3 is 6.18 Å². The monoisotopic (exact) mass is 285 g/mol. The standard InChI is InChI=1S/C14H14F3NO2/c1-20-11-4-2-3-10(5-11)12(19)18-8-9-6-13(18,7-9)14(15,16)17/h2-5,9H,6-8H2,1H3. The van der Waals surface area contributed by atoms with Crippen LogP contribution in [0.1, 0.15) is 23.2 Å². The molecular weight excluding hydrogens is 271 g/mol. The van der Waals surface area contributed by atoms with Crippen molar-refractivity contribution in [1.82, 2.24) is 4.90 Å². The number of rotatable bonds is 2.